The summed E-state index contributed by atoms with van der Waals surface area (Å²) in [6, 6.07) is 6.85. The third-order valence-electron chi connectivity index (χ3n) is 4.10. The fourth-order valence-electron chi connectivity index (χ4n) is 2.61. The molecule has 2 rings (SSSR count). The number of carbonyl (C=O) groups is 2. The number of carbonyl (C=O) groups excluding carboxylic acids is 2. The quantitative estimate of drug-likeness (QED) is 0.154. The fraction of sp³-hybridized carbons (Fsp3) is 0.450. The van der Waals surface area contributed by atoms with Gasteiger partial charge in [0.1, 0.15) is 10.1 Å². The minimum Gasteiger partial charge on any atom is -0.466 e. The van der Waals surface area contributed by atoms with E-state index < -0.39 is 10.0 Å². The van der Waals surface area contributed by atoms with E-state index in [4.69, 9.17) is 56.5 Å². The highest BCUT2D eigenvalue weighted by Crippen LogP contribution is 2.34. The molecule has 1 aromatic carbocycles. The van der Waals surface area contributed by atoms with Gasteiger partial charge in [0.25, 0.3) is 5.91 Å². The first-order valence-electron chi connectivity index (χ1n) is 9.52. The summed E-state index contributed by atoms with van der Waals surface area (Å²) in [6.45, 7) is 2.95. The average Bonchev–Trinajstić information content (AvgIpc) is 2.96. The lowest BCUT2D eigenvalue weighted by atomic mass is 10.2. The van der Waals surface area contributed by atoms with E-state index in [1.165, 1.54) is 11.8 Å². The number of hydrogen-bond donors (Lipinski definition) is 1. The lowest BCUT2D eigenvalue weighted by molar-refractivity contribution is -0.124. The van der Waals surface area contributed by atoms with Crippen molar-refractivity contribution in [3.8, 4) is 5.75 Å². The van der Waals surface area contributed by atoms with Gasteiger partial charge in [-0.15, -0.1) is 0 Å². The molecule has 1 aliphatic rings. The Balaban J connectivity index is 2.06. The summed E-state index contributed by atoms with van der Waals surface area (Å²) in [7, 11) is 1.62. The van der Waals surface area contributed by atoms with E-state index in [-0.39, 0.29) is 11.8 Å². The highest BCUT2D eigenvalue weighted by atomic mass is 35.6. The summed E-state index contributed by atoms with van der Waals surface area (Å²) >= 11 is 24.4. The maximum absolute atomic E-state index is 12.6. The van der Waals surface area contributed by atoms with Crippen LogP contribution >= 0.6 is 58.8 Å². The summed E-state index contributed by atoms with van der Waals surface area (Å²) in [4.78, 5) is 26.6. The van der Waals surface area contributed by atoms with Crippen LogP contribution in [0.15, 0.2) is 29.2 Å². The molecule has 1 atom stereocenters. The van der Waals surface area contributed by atoms with Crippen molar-refractivity contribution in [2.24, 2.45) is 0 Å². The molecule has 0 aliphatic carbocycles. The Labute approximate surface area is 206 Å². The van der Waals surface area contributed by atoms with Gasteiger partial charge in [-0.25, -0.2) is 0 Å². The summed E-state index contributed by atoms with van der Waals surface area (Å²) in [5.41, 5.74) is 0.783. The first kappa shape index (κ1) is 26.2. The molecule has 1 N–H and O–H groups in total. The predicted molar refractivity (Wildman–Crippen MR) is 131 cm³/mol. The largest absolute Gasteiger partial charge is 0.466 e. The van der Waals surface area contributed by atoms with Crippen LogP contribution < -0.4 is 10.1 Å². The number of ether oxygens (including phenoxy) is 2. The Morgan fingerprint density at radius 1 is 1.32 bits per heavy atom. The Morgan fingerprint density at radius 3 is 2.58 bits per heavy atom. The lowest BCUT2D eigenvalue weighted by Crippen LogP contribution is -2.47. The minimum atomic E-state index is -1.85. The molecule has 1 fully saturated rings. The second-order valence-corrected chi connectivity index (χ2v) is 10.7. The average molecular weight is 526 g/mol. The van der Waals surface area contributed by atoms with Crippen molar-refractivity contribution >= 4 is 81.0 Å². The number of hydrogen-bond acceptors (Lipinski definition) is 6. The van der Waals surface area contributed by atoms with E-state index in [1.807, 2.05) is 6.92 Å². The number of rotatable bonds is 10. The second-order valence-electron chi connectivity index (χ2n) is 6.61. The van der Waals surface area contributed by atoms with E-state index in [2.05, 4.69) is 5.32 Å². The van der Waals surface area contributed by atoms with Gasteiger partial charge in [0.05, 0.1) is 4.91 Å². The second kappa shape index (κ2) is 12.3. The number of amides is 2. The number of halogens is 3. The molecule has 1 saturated heterocycles. The number of alkyl halides is 3. The third-order valence-corrected chi connectivity index (χ3v) is 6.07. The predicted octanol–water partition coefficient (Wildman–Crippen LogP) is 4.92. The monoisotopic (exact) mass is 524 g/mol. The molecular weight excluding hydrogens is 503 g/mol. The number of benzene rings is 1. The van der Waals surface area contributed by atoms with Gasteiger partial charge in [0, 0.05) is 26.7 Å². The van der Waals surface area contributed by atoms with E-state index in [1.54, 1.807) is 42.4 Å². The van der Waals surface area contributed by atoms with Crippen LogP contribution in [-0.2, 0) is 14.3 Å². The molecule has 0 aromatic heterocycles. The first-order valence-corrected chi connectivity index (χ1v) is 11.9. The number of methoxy groups -OCH3 is 1. The van der Waals surface area contributed by atoms with Crippen LogP contribution in [0, 0.1) is 0 Å². The SMILES string of the molecule is CCCC(=O)N[C@H](Oc1ccc(/C=C2/SC(=S)N(CCCOC)C2=O)cc1)C(Cl)(Cl)Cl. The van der Waals surface area contributed by atoms with Crippen LogP contribution in [0.25, 0.3) is 6.08 Å². The highest BCUT2D eigenvalue weighted by Gasteiger charge is 2.36. The first-order chi connectivity index (χ1) is 14.7. The van der Waals surface area contributed by atoms with Gasteiger partial charge in [-0.3, -0.25) is 14.5 Å². The number of thiocarbonyl (C=S) groups is 1. The van der Waals surface area contributed by atoms with Crippen molar-refractivity contribution in [1.29, 1.82) is 0 Å². The zero-order chi connectivity index (χ0) is 23.0. The Morgan fingerprint density at radius 2 is 2.00 bits per heavy atom. The Bertz CT molecular complexity index is 829. The molecule has 0 radical (unpaired) electrons. The van der Waals surface area contributed by atoms with Gasteiger partial charge in [-0.05, 0) is 36.6 Å². The maximum atomic E-state index is 12.6. The molecule has 1 heterocycles. The molecular formula is C20H23Cl3N2O4S2. The summed E-state index contributed by atoms with van der Waals surface area (Å²) in [5.74, 6) is 0.00157. The van der Waals surface area contributed by atoms with E-state index in [9.17, 15) is 9.59 Å². The molecule has 0 bridgehead atoms. The van der Waals surface area contributed by atoms with Crippen LogP contribution in [0.3, 0.4) is 0 Å². The molecule has 2 amide bonds. The van der Waals surface area contributed by atoms with Gasteiger partial charge in [0.15, 0.2) is 0 Å². The van der Waals surface area contributed by atoms with Gasteiger partial charge >= 0.3 is 0 Å². The normalized spacial score (nSPS) is 16.7. The van der Waals surface area contributed by atoms with E-state index >= 15 is 0 Å². The van der Waals surface area contributed by atoms with Crippen LogP contribution in [-0.4, -0.2) is 51.3 Å². The zero-order valence-electron chi connectivity index (χ0n) is 17.0. The molecule has 11 heteroatoms. The number of nitrogens with zero attached hydrogens (tertiary/aromatic N) is 1. The van der Waals surface area contributed by atoms with Crippen LogP contribution in [0.2, 0.25) is 0 Å². The van der Waals surface area contributed by atoms with E-state index in [0.717, 1.165) is 5.56 Å². The molecule has 0 spiro atoms. The summed E-state index contributed by atoms with van der Waals surface area (Å²) in [6.07, 6.45) is 2.27. The van der Waals surface area contributed by atoms with Crippen LogP contribution in [0.5, 0.6) is 5.75 Å². The smallest absolute Gasteiger partial charge is 0.266 e. The maximum Gasteiger partial charge on any atom is 0.266 e. The molecule has 6 nitrogen and oxygen atoms in total. The number of nitrogens with one attached hydrogen (secondary N) is 1. The summed E-state index contributed by atoms with van der Waals surface area (Å²) in [5, 5.41) is 2.57. The highest BCUT2D eigenvalue weighted by molar-refractivity contribution is 8.26. The zero-order valence-corrected chi connectivity index (χ0v) is 20.9. The molecule has 170 valence electrons. The standard InChI is InChI=1S/C20H23Cl3N2O4S2/c1-3-5-16(26)24-18(20(21,22)23)29-14-8-6-13(7-9-14)12-15-17(27)25(19(30)31-15)10-4-11-28-2/h6-9,12,18H,3-5,10-11H2,1-2H3,(H,24,26)/b15-12+/t18-/m1/s1. The van der Waals surface area contributed by atoms with Crippen molar-refractivity contribution in [2.45, 2.75) is 36.2 Å². The van der Waals surface area contributed by atoms with Crippen molar-refractivity contribution < 1.29 is 19.1 Å². The van der Waals surface area contributed by atoms with Gasteiger partial charge in [-0.1, -0.05) is 77.8 Å². The van der Waals surface area contributed by atoms with Gasteiger partial charge < -0.3 is 14.8 Å². The molecule has 0 saturated carbocycles. The lowest BCUT2D eigenvalue weighted by Gasteiger charge is -2.26. The molecule has 1 aromatic rings. The molecule has 1 aliphatic heterocycles. The fourth-order valence-corrected chi connectivity index (χ4v) is 4.22. The Kier molecular flexibility index (Phi) is 10.4. The van der Waals surface area contributed by atoms with E-state index in [0.29, 0.717) is 47.4 Å². The minimum absolute atomic E-state index is 0.124. The molecule has 31 heavy (non-hydrogen) atoms. The topological polar surface area (TPSA) is 67.9 Å². The van der Waals surface area contributed by atoms with Crippen molar-refractivity contribution in [2.75, 3.05) is 20.3 Å². The van der Waals surface area contributed by atoms with Crippen LogP contribution in [0.1, 0.15) is 31.7 Å². The van der Waals surface area contributed by atoms with Crippen molar-refractivity contribution in [3.63, 3.8) is 0 Å². The molecule has 0 unspecified atom stereocenters. The van der Waals surface area contributed by atoms with Crippen LogP contribution in [0.4, 0.5) is 0 Å². The number of thioether (sulfide) groups is 1. The van der Waals surface area contributed by atoms with Crippen molar-refractivity contribution in [1.82, 2.24) is 10.2 Å². The van der Waals surface area contributed by atoms with Crippen molar-refractivity contribution in [3.05, 3.63) is 34.7 Å². The summed E-state index contributed by atoms with van der Waals surface area (Å²) < 4.78 is 9.37. The Hall–Kier alpha value is -1.03. The third kappa shape index (κ3) is 8.11. The van der Waals surface area contributed by atoms with Gasteiger partial charge in [0.2, 0.25) is 15.9 Å². The van der Waals surface area contributed by atoms with Gasteiger partial charge in [-0.2, -0.15) is 0 Å².